The number of carbonyl (C=O) groups is 2. The van der Waals surface area contributed by atoms with Gasteiger partial charge in [-0.3, -0.25) is 0 Å². The molecule has 5 nitrogen and oxygen atoms in total. The number of nitrogens with zero attached hydrogens (tertiary/aromatic N) is 1. The Morgan fingerprint density at radius 1 is 1.19 bits per heavy atom. The third kappa shape index (κ3) is 2.13. The number of anilines is 1. The van der Waals surface area contributed by atoms with Crippen LogP contribution in [0, 0.1) is 0 Å². The molecule has 0 aliphatic heterocycles. The molecule has 0 amide bonds. The maximum absolute atomic E-state index is 11.0. The largest absolute Gasteiger partial charge is 0.478 e. The van der Waals surface area contributed by atoms with Gasteiger partial charge in [-0.15, -0.1) is 0 Å². The molecule has 0 saturated carbocycles. The van der Waals surface area contributed by atoms with Crippen molar-refractivity contribution in [2.75, 3.05) is 18.5 Å². The first-order valence-corrected chi connectivity index (χ1v) is 4.79. The van der Waals surface area contributed by atoms with Crippen molar-refractivity contribution < 1.29 is 19.8 Å². The molecular weight excluding hydrogens is 210 g/mol. The Morgan fingerprint density at radius 3 is 1.94 bits per heavy atom. The maximum Gasteiger partial charge on any atom is 0.337 e. The molecular formula is C11H13NO4. The summed E-state index contributed by atoms with van der Waals surface area (Å²) < 4.78 is 0. The molecule has 1 aromatic rings. The van der Waals surface area contributed by atoms with E-state index in [0.717, 1.165) is 0 Å². The van der Waals surface area contributed by atoms with Crippen molar-refractivity contribution in [2.24, 2.45) is 0 Å². The van der Waals surface area contributed by atoms with E-state index in [4.69, 9.17) is 10.2 Å². The van der Waals surface area contributed by atoms with Crippen LogP contribution in [0.1, 0.15) is 27.6 Å². The van der Waals surface area contributed by atoms with Crippen LogP contribution < -0.4 is 4.90 Å². The van der Waals surface area contributed by atoms with Gasteiger partial charge >= 0.3 is 11.9 Å². The maximum atomic E-state index is 11.0. The molecule has 86 valence electrons. The van der Waals surface area contributed by atoms with Crippen LogP contribution in [0.3, 0.4) is 0 Å². The van der Waals surface area contributed by atoms with Crippen LogP contribution >= 0.6 is 0 Å². The number of hydrogen-bond donors (Lipinski definition) is 2. The van der Waals surface area contributed by atoms with E-state index in [1.165, 1.54) is 18.2 Å². The summed E-state index contributed by atoms with van der Waals surface area (Å²) in [6, 6.07) is 4.23. The van der Waals surface area contributed by atoms with E-state index in [9.17, 15) is 9.59 Å². The highest BCUT2D eigenvalue weighted by Crippen LogP contribution is 2.24. The van der Waals surface area contributed by atoms with Gasteiger partial charge in [0.15, 0.2) is 0 Å². The van der Waals surface area contributed by atoms with Crippen molar-refractivity contribution in [3.8, 4) is 0 Å². The highest BCUT2D eigenvalue weighted by molar-refractivity contribution is 6.03. The van der Waals surface area contributed by atoms with Crippen LogP contribution in [0.2, 0.25) is 0 Å². The summed E-state index contributed by atoms with van der Waals surface area (Å²) in [5.74, 6) is -2.25. The molecule has 0 aromatic heterocycles. The molecule has 5 heteroatoms. The second kappa shape index (κ2) is 4.65. The van der Waals surface area contributed by atoms with Crippen LogP contribution in [-0.2, 0) is 0 Å². The quantitative estimate of drug-likeness (QED) is 0.809. The summed E-state index contributed by atoms with van der Waals surface area (Å²) in [4.78, 5) is 23.6. The summed E-state index contributed by atoms with van der Waals surface area (Å²) in [7, 11) is 1.66. The summed E-state index contributed by atoms with van der Waals surface area (Å²) in [6.45, 7) is 2.36. The number of carboxylic acids is 2. The second-order valence-electron chi connectivity index (χ2n) is 3.33. The van der Waals surface area contributed by atoms with E-state index >= 15 is 0 Å². The molecule has 0 spiro atoms. The Labute approximate surface area is 92.9 Å². The Bertz CT molecular complexity index is 396. The summed E-state index contributed by atoms with van der Waals surface area (Å²) in [5, 5.41) is 18.0. The van der Waals surface area contributed by atoms with Crippen molar-refractivity contribution in [3.63, 3.8) is 0 Å². The van der Waals surface area contributed by atoms with Crippen molar-refractivity contribution >= 4 is 17.6 Å². The van der Waals surface area contributed by atoms with E-state index in [0.29, 0.717) is 6.54 Å². The van der Waals surface area contributed by atoms with Crippen LogP contribution in [0.4, 0.5) is 5.69 Å². The van der Waals surface area contributed by atoms with Crippen LogP contribution in [0.5, 0.6) is 0 Å². The van der Waals surface area contributed by atoms with Crippen LogP contribution in [-0.4, -0.2) is 35.7 Å². The Kier molecular flexibility index (Phi) is 3.50. The van der Waals surface area contributed by atoms with E-state index in [1.54, 1.807) is 11.9 Å². The molecule has 16 heavy (non-hydrogen) atoms. The molecule has 0 aliphatic carbocycles. The minimum absolute atomic E-state index is 0.00394. The number of hydrogen-bond acceptors (Lipinski definition) is 3. The summed E-state index contributed by atoms with van der Waals surface area (Å²) >= 11 is 0. The van der Waals surface area contributed by atoms with Gasteiger partial charge in [-0.1, -0.05) is 6.07 Å². The smallest absolute Gasteiger partial charge is 0.337 e. The van der Waals surface area contributed by atoms with Crippen molar-refractivity contribution in [1.82, 2.24) is 0 Å². The summed E-state index contributed by atoms with van der Waals surface area (Å²) in [6.07, 6.45) is 0. The zero-order valence-corrected chi connectivity index (χ0v) is 9.10. The molecule has 0 aliphatic rings. The first-order chi connectivity index (χ1) is 7.49. The highest BCUT2D eigenvalue weighted by atomic mass is 16.4. The molecule has 1 rings (SSSR count). The van der Waals surface area contributed by atoms with Gasteiger partial charge in [0.2, 0.25) is 0 Å². The molecule has 0 saturated heterocycles. The fourth-order valence-corrected chi connectivity index (χ4v) is 1.46. The first kappa shape index (κ1) is 12.0. The summed E-state index contributed by atoms with van der Waals surface area (Å²) in [5.41, 5.74) is 0.249. The van der Waals surface area contributed by atoms with Gasteiger partial charge in [0, 0.05) is 13.6 Å². The number of benzene rings is 1. The fraction of sp³-hybridized carbons (Fsp3) is 0.273. The molecule has 0 atom stereocenters. The van der Waals surface area contributed by atoms with Gasteiger partial charge in [-0.25, -0.2) is 9.59 Å². The molecule has 0 radical (unpaired) electrons. The first-order valence-electron chi connectivity index (χ1n) is 4.79. The Morgan fingerprint density at radius 2 is 1.62 bits per heavy atom. The minimum Gasteiger partial charge on any atom is -0.478 e. The number of rotatable bonds is 4. The molecule has 0 heterocycles. The van der Waals surface area contributed by atoms with Crippen molar-refractivity contribution in [2.45, 2.75) is 6.92 Å². The third-order valence-electron chi connectivity index (χ3n) is 2.35. The van der Waals surface area contributed by atoms with Gasteiger partial charge in [0.1, 0.15) is 0 Å². The zero-order valence-electron chi connectivity index (χ0n) is 9.10. The van der Waals surface area contributed by atoms with Gasteiger partial charge in [-0.05, 0) is 19.1 Å². The second-order valence-corrected chi connectivity index (χ2v) is 3.33. The van der Waals surface area contributed by atoms with Gasteiger partial charge in [0.25, 0.3) is 0 Å². The molecule has 1 aromatic carbocycles. The lowest BCUT2D eigenvalue weighted by atomic mass is 10.1. The number of carboxylic acid groups (broad SMARTS) is 2. The van der Waals surface area contributed by atoms with Gasteiger partial charge < -0.3 is 15.1 Å². The average Bonchev–Trinajstić information content (AvgIpc) is 2.26. The lowest BCUT2D eigenvalue weighted by molar-refractivity contribution is 0.0696. The van der Waals surface area contributed by atoms with E-state index in [1.807, 2.05) is 6.92 Å². The van der Waals surface area contributed by atoms with Crippen molar-refractivity contribution in [3.05, 3.63) is 29.3 Å². The monoisotopic (exact) mass is 223 g/mol. The fourth-order valence-electron chi connectivity index (χ4n) is 1.46. The molecule has 0 fully saturated rings. The van der Waals surface area contributed by atoms with Crippen LogP contribution in [0.25, 0.3) is 0 Å². The standard InChI is InChI=1S/C11H13NO4/c1-3-12(2)9-7(10(13)14)5-4-6-8(9)11(15)16/h4-6H,3H2,1-2H3,(H,13,14)(H,15,16). The van der Waals surface area contributed by atoms with Crippen molar-refractivity contribution in [1.29, 1.82) is 0 Å². The number of para-hydroxylation sites is 1. The highest BCUT2D eigenvalue weighted by Gasteiger charge is 2.20. The van der Waals surface area contributed by atoms with Gasteiger partial charge in [0.05, 0.1) is 16.8 Å². The Hall–Kier alpha value is -2.04. The normalized spacial score (nSPS) is 9.88. The lowest BCUT2D eigenvalue weighted by Crippen LogP contribution is -2.22. The third-order valence-corrected chi connectivity index (χ3v) is 2.35. The molecule has 2 N–H and O–H groups in total. The zero-order chi connectivity index (χ0) is 12.3. The van der Waals surface area contributed by atoms with Crippen LogP contribution in [0.15, 0.2) is 18.2 Å². The topological polar surface area (TPSA) is 77.8 Å². The lowest BCUT2D eigenvalue weighted by Gasteiger charge is -2.21. The van der Waals surface area contributed by atoms with E-state index < -0.39 is 11.9 Å². The molecule has 0 bridgehead atoms. The SMILES string of the molecule is CCN(C)c1c(C(=O)O)cccc1C(=O)O. The Balaban J connectivity index is 3.46. The minimum atomic E-state index is -1.13. The van der Waals surface area contributed by atoms with E-state index in [-0.39, 0.29) is 16.8 Å². The average molecular weight is 223 g/mol. The predicted molar refractivity (Wildman–Crippen MR) is 59.3 cm³/mol. The van der Waals surface area contributed by atoms with Gasteiger partial charge in [-0.2, -0.15) is 0 Å². The molecule has 0 unspecified atom stereocenters. The predicted octanol–water partition coefficient (Wildman–Crippen LogP) is 1.54. The number of aromatic carboxylic acids is 2. The van der Waals surface area contributed by atoms with E-state index in [2.05, 4.69) is 0 Å².